The maximum atomic E-state index is 13.4. The Morgan fingerprint density at radius 3 is 2.38 bits per heavy atom. The summed E-state index contributed by atoms with van der Waals surface area (Å²) in [5, 5.41) is 12.7. The summed E-state index contributed by atoms with van der Waals surface area (Å²) in [6.07, 6.45) is -4.79. The monoisotopic (exact) mass is 310 g/mol. The lowest BCUT2D eigenvalue weighted by atomic mass is 9.97. The molecule has 0 unspecified atom stereocenters. The molecule has 0 saturated carbocycles. The molecule has 0 radical (unpaired) electrons. The molecular weight excluding hydrogens is 295 g/mol. The van der Waals surface area contributed by atoms with Crippen LogP contribution < -0.4 is 5.32 Å². The van der Waals surface area contributed by atoms with Gasteiger partial charge in [-0.05, 0) is 12.1 Å². The van der Waals surface area contributed by atoms with Gasteiger partial charge in [-0.25, -0.2) is 8.78 Å². The number of benzene rings is 1. The predicted molar refractivity (Wildman–Crippen MR) is 66.2 cm³/mol. The van der Waals surface area contributed by atoms with Crippen molar-refractivity contribution < 1.29 is 27.1 Å². The Hall–Kier alpha value is -1.41. The summed E-state index contributed by atoms with van der Waals surface area (Å²) in [6.45, 7) is 0.492. The highest BCUT2D eigenvalue weighted by atomic mass is 19.4. The highest BCUT2D eigenvalue weighted by Gasteiger charge is 2.39. The van der Waals surface area contributed by atoms with Gasteiger partial charge in [0.05, 0.1) is 11.6 Å². The van der Waals surface area contributed by atoms with Crippen LogP contribution in [-0.4, -0.2) is 42.9 Å². The third-order valence-corrected chi connectivity index (χ3v) is 3.54. The lowest BCUT2D eigenvalue weighted by Crippen LogP contribution is -2.46. The SMILES string of the molecule is Oc1c(F)ccc(C(F)(F)F)c1[C@H](CF)N1CCNCC1. The molecule has 21 heavy (non-hydrogen) atoms. The van der Waals surface area contributed by atoms with Gasteiger partial charge in [0.15, 0.2) is 11.6 Å². The fourth-order valence-corrected chi connectivity index (χ4v) is 2.52. The normalized spacial score (nSPS) is 18.7. The van der Waals surface area contributed by atoms with E-state index in [9.17, 15) is 27.1 Å². The maximum absolute atomic E-state index is 13.4. The Kier molecular flexibility index (Phi) is 4.67. The second-order valence-electron chi connectivity index (χ2n) is 4.81. The van der Waals surface area contributed by atoms with Crippen LogP contribution in [0.15, 0.2) is 12.1 Å². The largest absolute Gasteiger partial charge is 0.505 e. The first-order valence-corrected chi connectivity index (χ1v) is 6.45. The fourth-order valence-electron chi connectivity index (χ4n) is 2.52. The van der Waals surface area contributed by atoms with E-state index >= 15 is 0 Å². The van der Waals surface area contributed by atoms with Crippen LogP contribution in [0, 0.1) is 5.82 Å². The summed E-state index contributed by atoms with van der Waals surface area (Å²) in [6, 6.07) is -0.247. The lowest BCUT2D eigenvalue weighted by molar-refractivity contribution is -0.139. The van der Waals surface area contributed by atoms with E-state index in [1.54, 1.807) is 0 Å². The minimum absolute atomic E-state index is 0.321. The van der Waals surface area contributed by atoms with E-state index in [0.717, 1.165) is 0 Å². The molecule has 1 atom stereocenters. The zero-order valence-electron chi connectivity index (χ0n) is 11.1. The van der Waals surface area contributed by atoms with E-state index in [4.69, 9.17) is 0 Å². The van der Waals surface area contributed by atoms with Crippen LogP contribution in [0.1, 0.15) is 17.2 Å². The molecule has 0 spiro atoms. The van der Waals surface area contributed by atoms with Crippen molar-refractivity contribution in [1.82, 2.24) is 10.2 Å². The average molecular weight is 310 g/mol. The van der Waals surface area contributed by atoms with Gasteiger partial charge in [-0.1, -0.05) is 0 Å². The van der Waals surface area contributed by atoms with Gasteiger partial charge < -0.3 is 10.4 Å². The van der Waals surface area contributed by atoms with E-state index in [2.05, 4.69) is 5.32 Å². The predicted octanol–water partition coefficient (Wildman–Crippen LogP) is 2.47. The topological polar surface area (TPSA) is 35.5 Å². The van der Waals surface area contributed by atoms with Crippen LogP contribution in [0.25, 0.3) is 0 Å². The molecule has 1 aliphatic rings. The van der Waals surface area contributed by atoms with Crippen molar-refractivity contribution in [1.29, 1.82) is 0 Å². The molecule has 1 saturated heterocycles. The number of piperazine rings is 1. The number of nitrogens with zero attached hydrogens (tertiary/aromatic N) is 1. The molecule has 0 bridgehead atoms. The van der Waals surface area contributed by atoms with E-state index in [-0.39, 0.29) is 0 Å². The number of rotatable bonds is 3. The van der Waals surface area contributed by atoms with E-state index in [0.29, 0.717) is 38.3 Å². The fraction of sp³-hybridized carbons (Fsp3) is 0.538. The van der Waals surface area contributed by atoms with Crippen molar-refractivity contribution in [2.75, 3.05) is 32.9 Å². The highest BCUT2D eigenvalue weighted by molar-refractivity contribution is 5.44. The van der Waals surface area contributed by atoms with Gasteiger partial charge in [0.1, 0.15) is 6.67 Å². The molecule has 0 amide bonds. The Labute approximate surface area is 118 Å². The summed E-state index contributed by atoms with van der Waals surface area (Å²) in [4.78, 5) is 1.47. The number of phenolic OH excluding ortho intramolecular Hbond substituents is 1. The van der Waals surface area contributed by atoms with Gasteiger partial charge in [-0.3, -0.25) is 4.90 Å². The molecule has 2 rings (SSSR count). The van der Waals surface area contributed by atoms with Crippen LogP contribution in [0.4, 0.5) is 22.0 Å². The summed E-state index contributed by atoms with van der Waals surface area (Å²) in [5.74, 6) is -2.32. The molecule has 0 aromatic heterocycles. The molecule has 1 aromatic rings. The molecule has 1 heterocycles. The van der Waals surface area contributed by atoms with Crippen LogP contribution in [0.2, 0.25) is 0 Å². The third kappa shape index (κ3) is 3.26. The molecule has 2 N–H and O–H groups in total. The lowest BCUT2D eigenvalue weighted by Gasteiger charge is -2.35. The molecular formula is C13H15F5N2O. The Morgan fingerprint density at radius 1 is 1.24 bits per heavy atom. The van der Waals surface area contributed by atoms with Gasteiger partial charge in [-0.15, -0.1) is 0 Å². The third-order valence-electron chi connectivity index (χ3n) is 3.54. The molecule has 3 nitrogen and oxygen atoms in total. The summed E-state index contributed by atoms with van der Waals surface area (Å²) in [7, 11) is 0. The number of halogens is 5. The zero-order chi connectivity index (χ0) is 15.6. The van der Waals surface area contributed by atoms with Gasteiger partial charge in [0, 0.05) is 31.7 Å². The first-order chi connectivity index (χ1) is 9.86. The van der Waals surface area contributed by atoms with Crippen LogP contribution in [0.5, 0.6) is 5.75 Å². The number of hydrogen-bond acceptors (Lipinski definition) is 3. The van der Waals surface area contributed by atoms with E-state index in [1.165, 1.54) is 4.90 Å². The van der Waals surface area contributed by atoms with E-state index in [1.807, 2.05) is 0 Å². The molecule has 1 aliphatic heterocycles. The minimum atomic E-state index is -4.79. The molecule has 0 aliphatic carbocycles. The number of hydrogen-bond donors (Lipinski definition) is 2. The van der Waals surface area contributed by atoms with Crippen molar-refractivity contribution in [2.24, 2.45) is 0 Å². The zero-order valence-corrected chi connectivity index (χ0v) is 11.1. The Bertz CT molecular complexity index is 500. The van der Waals surface area contributed by atoms with Crippen molar-refractivity contribution in [3.05, 3.63) is 29.1 Å². The van der Waals surface area contributed by atoms with Crippen LogP contribution >= 0.6 is 0 Å². The van der Waals surface area contributed by atoms with Gasteiger partial charge in [0.25, 0.3) is 0 Å². The van der Waals surface area contributed by atoms with Crippen molar-refractivity contribution in [2.45, 2.75) is 12.2 Å². The van der Waals surface area contributed by atoms with Gasteiger partial charge in [0.2, 0.25) is 0 Å². The molecule has 1 aromatic carbocycles. The molecule has 8 heteroatoms. The quantitative estimate of drug-likeness (QED) is 0.842. The molecule has 118 valence electrons. The van der Waals surface area contributed by atoms with Crippen LogP contribution in [0.3, 0.4) is 0 Å². The highest BCUT2D eigenvalue weighted by Crippen LogP contribution is 2.42. The first kappa shape index (κ1) is 16.0. The van der Waals surface area contributed by atoms with Crippen molar-refractivity contribution in [3.63, 3.8) is 0 Å². The number of aromatic hydroxyl groups is 1. The number of alkyl halides is 4. The first-order valence-electron chi connectivity index (χ1n) is 6.45. The second kappa shape index (κ2) is 6.15. The van der Waals surface area contributed by atoms with Crippen molar-refractivity contribution in [3.8, 4) is 5.75 Å². The Balaban J connectivity index is 2.50. The number of nitrogens with one attached hydrogen (secondary N) is 1. The number of phenols is 1. The van der Waals surface area contributed by atoms with Gasteiger partial charge >= 0.3 is 6.18 Å². The van der Waals surface area contributed by atoms with Gasteiger partial charge in [-0.2, -0.15) is 13.2 Å². The molecule has 1 fully saturated rings. The van der Waals surface area contributed by atoms with Crippen molar-refractivity contribution >= 4 is 0 Å². The summed E-state index contributed by atoms with van der Waals surface area (Å²) >= 11 is 0. The second-order valence-corrected chi connectivity index (χ2v) is 4.81. The Morgan fingerprint density at radius 2 is 1.86 bits per heavy atom. The summed E-state index contributed by atoms with van der Waals surface area (Å²) in [5.41, 5.74) is -1.94. The standard InChI is InChI=1S/C13H15F5N2O/c14-7-10(20-5-3-19-4-6-20)11-8(13(16,17)18)1-2-9(15)12(11)21/h1-2,10,19,21H,3-7H2/t10-/m0/s1. The average Bonchev–Trinajstić information content (AvgIpc) is 2.44. The van der Waals surface area contributed by atoms with E-state index < -0.39 is 41.6 Å². The minimum Gasteiger partial charge on any atom is -0.505 e. The smallest absolute Gasteiger partial charge is 0.416 e. The van der Waals surface area contributed by atoms with Crippen LogP contribution in [-0.2, 0) is 6.18 Å². The summed E-state index contributed by atoms with van der Waals surface area (Å²) < 4.78 is 65.9. The maximum Gasteiger partial charge on any atom is 0.416 e.